The zero-order chi connectivity index (χ0) is 13.2. The van der Waals surface area contributed by atoms with Crippen LogP contribution >= 0.6 is 11.6 Å². The largest absolute Gasteiger partial charge is 0.373 e. The third-order valence-corrected chi connectivity index (χ3v) is 3.61. The molecule has 0 fully saturated rings. The second-order valence-electron chi connectivity index (χ2n) is 4.53. The van der Waals surface area contributed by atoms with Crippen LogP contribution in [-0.4, -0.2) is 38.2 Å². The third-order valence-electron chi connectivity index (χ3n) is 3.27. The minimum Gasteiger partial charge on any atom is -0.373 e. The lowest BCUT2D eigenvalue weighted by atomic mass is 10.3. The Balaban J connectivity index is 1.76. The molecular weight excluding hydrogens is 264 g/mol. The minimum absolute atomic E-state index is 0.700. The van der Waals surface area contributed by atoms with Crippen molar-refractivity contribution >= 4 is 17.4 Å². The molecule has 0 amide bonds. The van der Waals surface area contributed by atoms with E-state index in [1.165, 1.54) is 0 Å². The van der Waals surface area contributed by atoms with Crippen LogP contribution in [0.15, 0.2) is 18.5 Å². The molecule has 3 rings (SSSR count). The summed E-state index contributed by atoms with van der Waals surface area (Å²) in [5.41, 5.74) is 0.890. The maximum atomic E-state index is 6.20. The van der Waals surface area contributed by atoms with Crippen molar-refractivity contribution in [3.05, 3.63) is 35.0 Å². The lowest BCUT2D eigenvalue weighted by Gasteiger charge is -2.26. The van der Waals surface area contributed by atoms with Crippen molar-refractivity contribution < 1.29 is 0 Å². The highest BCUT2D eigenvalue weighted by Gasteiger charge is 2.18. The van der Waals surface area contributed by atoms with Gasteiger partial charge >= 0.3 is 0 Å². The van der Waals surface area contributed by atoms with Gasteiger partial charge in [-0.05, 0) is 12.1 Å². The SMILES string of the molecule is CNc1ccc(Cl)c(CN2CCn3cnnc3C2)n1. The molecule has 1 aliphatic rings. The molecule has 0 aliphatic carbocycles. The summed E-state index contributed by atoms with van der Waals surface area (Å²) in [6.07, 6.45) is 1.78. The Morgan fingerprint density at radius 1 is 1.37 bits per heavy atom. The van der Waals surface area contributed by atoms with Gasteiger partial charge in [0.05, 0.1) is 17.3 Å². The van der Waals surface area contributed by atoms with Crippen LogP contribution in [-0.2, 0) is 19.6 Å². The van der Waals surface area contributed by atoms with Crippen LogP contribution < -0.4 is 5.32 Å². The molecule has 0 spiro atoms. The quantitative estimate of drug-likeness (QED) is 0.919. The van der Waals surface area contributed by atoms with Crippen LogP contribution in [0.2, 0.25) is 5.02 Å². The fourth-order valence-corrected chi connectivity index (χ4v) is 2.36. The zero-order valence-electron chi connectivity index (χ0n) is 10.7. The molecule has 6 nitrogen and oxygen atoms in total. The van der Waals surface area contributed by atoms with E-state index >= 15 is 0 Å². The van der Waals surface area contributed by atoms with Crippen molar-refractivity contribution in [2.45, 2.75) is 19.6 Å². The lowest BCUT2D eigenvalue weighted by Crippen LogP contribution is -2.33. The van der Waals surface area contributed by atoms with Crippen molar-refractivity contribution in [2.24, 2.45) is 0 Å². The van der Waals surface area contributed by atoms with Gasteiger partial charge in [-0.1, -0.05) is 11.6 Å². The third kappa shape index (κ3) is 2.54. The molecule has 0 bridgehead atoms. The van der Waals surface area contributed by atoms with Crippen molar-refractivity contribution in [3.8, 4) is 0 Å². The summed E-state index contributed by atoms with van der Waals surface area (Å²) < 4.78 is 2.08. The van der Waals surface area contributed by atoms with Gasteiger partial charge in [-0.25, -0.2) is 4.98 Å². The number of hydrogen-bond acceptors (Lipinski definition) is 5. The van der Waals surface area contributed by atoms with Gasteiger partial charge in [0.15, 0.2) is 0 Å². The minimum atomic E-state index is 0.700. The van der Waals surface area contributed by atoms with Crippen molar-refractivity contribution in [1.29, 1.82) is 0 Å². The fraction of sp³-hybridized carbons (Fsp3) is 0.417. The molecule has 0 unspecified atom stereocenters. The molecule has 0 saturated carbocycles. The standard InChI is InChI=1S/C12H15ClN6/c1-14-11-3-2-9(13)10(16-11)6-18-4-5-19-8-15-17-12(19)7-18/h2-3,8H,4-7H2,1H3,(H,14,16). The molecule has 2 aromatic rings. The van der Waals surface area contributed by atoms with Gasteiger partial charge in [0.2, 0.25) is 0 Å². The summed E-state index contributed by atoms with van der Waals surface area (Å²) in [7, 11) is 1.85. The predicted octanol–water partition coefficient (Wildman–Crippen LogP) is 1.38. The van der Waals surface area contributed by atoms with Crippen molar-refractivity contribution in [3.63, 3.8) is 0 Å². The highest BCUT2D eigenvalue weighted by Crippen LogP contribution is 2.20. The molecule has 100 valence electrons. The number of nitrogens with zero attached hydrogens (tertiary/aromatic N) is 5. The predicted molar refractivity (Wildman–Crippen MR) is 72.9 cm³/mol. The van der Waals surface area contributed by atoms with Crippen LogP contribution in [0.4, 0.5) is 5.82 Å². The number of pyridine rings is 1. The van der Waals surface area contributed by atoms with Crippen molar-refractivity contribution in [1.82, 2.24) is 24.6 Å². The van der Waals surface area contributed by atoms with Gasteiger partial charge in [-0.15, -0.1) is 10.2 Å². The molecule has 1 aliphatic heterocycles. The Kier molecular flexibility index (Phi) is 3.35. The lowest BCUT2D eigenvalue weighted by molar-refractivity contribution is 0.206. The van der Waals surface area contributed by atoms with Crippen LogP contribution in [0.3, 0.4) is 0 Å². The molecule has 19 heavy (non-hydrogen) atoms. The first-order valence-electron chi connectivity index (χ1n) is 6.18. The highest BCUT2D eigenvalue weighted by atomic mass is 35.5. The maximum Gasteiger partial charge on any atom is 0.147 e. The molecule has 0 radical (unpaired) electrons. The van der Waals surface area contributed by atoms with E-state index in [-0.39, 0.29) is 0 Å². The second kappa shape index (κ2) is 5.14. The Bertz CT molecular complexity index is 581. The van der Waals surface area contributed by atoms with E-state index in [2.05, 4.69) is 30.0 Å². The van der Waals surface area contributed by atoms with E-state index in [0.29, 0.717) is 5.02 Å². The normalized spacial score (nSPS) is 15.3. The van der Waals surface area contributed by atoms with Crippen molar-refractivity contribution in [2.75, 3.05) is 18.9 Å². The molecular formula is C12H15ClN6. The Hall–Kier alpha value is -1.66. The number of aromatic nitrogens is 4. The number of halogens is 1. The summed E-state index contributed by atoms with van der Waals surface area (Å²) in [6.45, 7) is 3.36. The van der Waals surface area contributed by atoms with Gasteiger partial charge in [0.25, 0.3) is 0 Å². The van der Waals surface area contributed by atoms with Gasteiger partial charge in [-0.3, -0.25) is 4.90 Å². The van der Waals surface area contributed by atoms with E-state index < -0.39 is 0 Å². The number of rotatable bonds is 3. The second-order valence-corrected chi connectivity index (χ2v) is 4.93. The average Bonchev–Trinajstić information content (AvgIpc) is 2.89. The number of anilines is 1. The van der Waals surface area contributed by atoms with E-state index in [9.17, 15) is 0 Å². The first-order chi connectivity index (χ1) is 9.26. The molecule has 0 saturated heterocycles. The Morgan fingerprint density at radius 3 is 3.11 bits per heavy atom. The Labute approximate surface area is 116 Å². The topological polar surface area (TPSA) is 58.9 Å². The smallest absolute Gasteiger partial charge is 0.147 e. The maximum absolute atomic E-state index is 6.20. The van der Waals surface area contributed by atoms with E-state index in [1.54, 1.807) is 6.33 Å². The van der Waals surface area contributed by atoms with Crippen LogP contribution in [0, 0.1) is 0 Å². The first kappa shape index (κ1) is 12.4. The molecule has 1 N–H and O–H groups in total. The molecule has 0 atom stereocenters. The summed E-state index contributed by atoms with van der Waals surface area (Å²) in [5.74, 6) is 1.83. The van der Waals surface area contributed by atoms with Gasteiger partial charge in [-0.2, -0.15) is 0 Å². The number of nitrogens with one attached hydrogen (secondary N) is 1. The summed E-state index contributed by atoms with van der Waals surface area (Å²) in [6, 6.07) is 3.75. The highest BCUT2D eigenvalue weighted by molar-refractivity contribution is 6.31. The van der Waals surface area contributed by atoms with E-state index in [0.717, 1.165) is 43.5 Å². The number of fused-ring (bicyclic) bond motifs is 1. The summed E-state index contributed by atoms with van der Waals surface area (Å²) in [5, 5.41) is 11.8. The Morgan fingerprint density at radius 2 is 2.26 bits per heavy atom. The molecule has 2 aromatic heterocycles. The van der Waals surface area contributed by atoms with Gasteiger partial charge in [0, 0.05) is 26.7 Å². The van der Waals surface area contributed by atoms with Crippen LogP contribution in [0.1, 0.15) is 11.5 Å². The molecule has 7 heteroatoms. The first-order valence-corrected chi connectivity index (χ1v) is 6.56. The van der Waals surface area contributed by atoms with E-state index in [4.69, 9.17) is 11.6 Å². The summed E-state index contributed by atoms with van der Waals surface area (Å²) in [4.78, 5) is 6.78. The zero-order valence-corrected chi connectivity index (χ0v) is 11.4. The average molecular weight is 279 g/mol. The van der Waals surface area contributed by atoms with Gasteiger partial charge < -0.3 is 9.88 Å². The monoisotopic (exact) mass is 278 g/mol. The van der Waals surface area contributed by atoms with Crippen LogP contribution in [0.25, 0.3) is 0 Å². The van der Waals surface area contributed by atoms with Gasteiger partial charge in [0.1, 0.15) is 18.0 Å². The van der Waals surface area contributed by atoms with Crippen LogP contribution in [0.5, 0.6) is 0 Å². The summed E-state index contributed by atoms with van der Waals surface area (Å²) >= 11 is 6.20. The molecule has 0 aromatic carbocycles. The van der Waals surface area contributed by atoms with E-state index in [1.807, 2.05) is 19.2 Å². The fourth-order valence-electron chi connectivity index (χ4n) is 2.20. The molecule has 3 heterocycles. The number of hydrogen-bond donors (Lipinski definition) is 1.